The van der Waals surface area contributed by atoms with E-state index in [0.717, 1.165) is 25.3 Å². The lowest BCUT2D eigenvalue weighted by Gasteiger charge is -2.10. The van der Waals surface area contributed by atoms with Crippen molar-refractivity contribution in [3.8, 4) is 17.0 Å². The molecule has 0 aliphatic heterocycles. The van der Waals surface area contributed by atoms with Gasteiger partial charge < -0.3 is 14.0 Å². The predicted octanol–water partition coefficient (Wildman–Crippen LogP) is 3.47. The maximum absolute atomic E-state index is 13.9. The van der Waals surface area contributed by atoms with Gasteiger partial charge in [-0.1, -0.05) is 5.16 Å². The molecule has 0 unspecified atom stereocenters. The van der Waals surface area contributed by atoms with E-state index in [1.165, 1.54) is 6.92 Å². The molecule has 0 aliphatic rings. The van der Waals surface area contributed by atoms with Crippen LogP contribution in [0.5, 0.6) is 5.75 Å². The van der Waals surface area contributed by atoms with Gasteiger partial charge in [0, 0.05) is 5.56 Å². The molecule has 22 heavy (non-hydrogen) atoms. The number of halogens is 4. The number of nitrogens with zero attached hydrogens (tertiary/aromatic N) is 1. The number of methoxy groups -OCH3 is 1. The summed E-state index contributed by atoms with van der Waals surface area (Å²) >= 11 is 0. The second kappa shape index (κ2) is 5.66. The number of rotatable bonds is 3. The molecule has 0 N–H and O–H groups in total. The third kappa shape index (κ3) is 3.18. The molecular weight excluding hydrogens is 310 g/mol. The van der Waals surface area contributed by atoms with Crippen molar-refractivity contribution in [3.63, 3.8) is 0 Å². The van der Waals surface area contributed by atoms with Crippen molar-refractivity contribution in [2.45, 2.75) is 13.3 Å². The molecule has 118 valence electrons. The number of aromatic nitrogens is 1. The molecule has 2 rings (SSSR count). The van der Waals surface area contributed by atoms with Crippen LogP contribution in [0.2, 0.25) is 0 Å². The van der Waals surface area contributed by atoms with E-state index >= 15 is 0 Å². The number of benzene rings is 1. The average molecular weight is 319 g/mol. The quantitative estimate of drug-likeness (QED) is 0.640. The van der Waals surface area contributed by atoms with E-state index in [4.69, 9.17) is 4.52 Å². The van der Waals surface area contributed by atoms with Crippen LogP contribution in [0.4, 0.5) is 17.6 Å². The normalized spacial score (nSPS) is 11.4. The number of hydrogen-bond acceptors (Lipinski definition) is 5. The highest BCUT2D eigenvalue weighted by molar-refractivity contribution is 5.97. The van der Waals surface area contributed by atoms with Crippen molar-refractivity contribution in [3.05, 3.63) is 35.3 Å². The molecule has 1 heterocycles. The van der Waals surface area contributed by atoms with Gasteiger partial charge in [0.25, 0.3) is 0 Å². The van der Waals surface area contributed by atoms with Crippen LogP contribution in [0.1, 0.15) is 16.1 Å². The molecule has 0 aliphatic carbocycles. The van der Waals surface area contributed by atoms with Gasteiger partial charge in [0.05, 0.1) is 7.11 Å². The number of ether oxygens (including phenoxy) is 2. The van der Waals surface area contributed by atoms with Crippen molar-refractivity contribution in [2.75, 3.05) is 7.11 Å². The molecule has 1 aromatic heterocycles. The molecule has 5 nitrogen and oxygen atoms in total. The van der Waals surface area contributed by atoms with Crippen molar-refractivity contribution >= 4 is 5.97 Å². The summed E-state index contributed by atoms with van der Waals surface area (Å²) in [4.78, 5) is 11.7. The molecule has 0 spiro atoms. The standard InChI is InChI=1S/C13H9F4NO4/c1-6-10(12(19)20-2)11(18-22-6)8-5-7(3-4-9(8)14)21-13(15,16)17/h3-5H,1-2H3. The van der Waals surface area contributed by atoms with Crippen LogP contribution in [-0.4, -0.2) is 24.6 Å². The van der Waals surface area contributed by atoms with Gasteiger partial charge in [-0.2, -0.15) is 0 Å². The molecule has 2 aromatic rings. The maximum Gasteiger partial charge on any atom is 0.573 e. The first-order chi connectivity index (χ1) is 10.2. The summed E-state index contributed by atoms with van der Waals surface area (Å²) in [5, 5.41) is 3.50. The molecule has 9 heteroatoms. The van der Waals surface area contributed by atoms with Gasteiger partial charge in [0.15, 0.2) is 0 Å². The van der Waals surface area contributed by atoms with Crippen molar-refractivity contribution in [1.82, 2.24) is 5.16 Å². The van der Waals surface area contributed by atoms with E-state index in [1.807, 2.05) is 0 Å². The average Bonchev–Trinajstić information content (AvgIpc) is 2.80. The third-order valence-electron chi connectivity index (χ3n) is 2.68. The third-order valence-corrected chi connectivity index (χ3v) is 2.68. The van der Waals surface area contributed by atoms with Crippen LogP contribution in [0.3, 0.4) is 0 Å². The van der Waals surface area contributed by atoms with Gasteiger partial charge >= 0.3 is 12.3 Å². The summed E-state index contributed by atoms with van der Waals surface area (Å²) in [6, 6.07) is 2.34. The Labute approximate surface area is 121 Å². The highest BCUT2D eigenvalue weighted by Gasteiger charge is 2.32. The van der Waals surface area contributed by atoms with Crippen molar-refractivity contribution in [2.24, 2.45) is 0 Å². The zero-order valence-corrected chi connectivity index (χ0v) is 11.3. The molecule has 0 radical (unpaired) electrons. The molecule has 0 saturated heterocycles. The zero-order chi connectivity index (χ0) is 16.5. The lowest BCUT2D eigenvalue weighted by molar-refractivity contribution is -0.274. The second-order valence-electron chi connectivity index (χ2n) is 4.14. The first-order valence-electron chi connectivity index (χ1n) is 5.83. The number of carbonyl (C=O) groups excluding carboxylic acids is 1. The Balaban J connectivity index is 2.53. The minimum absolute atomic E-state index is 0.0448. The van der Waals surface area contributed by atoms with E-state index in [9.17, 15) is 22.4 Å². The maximum atomic E-state index is 13.9. The largest absolute Gasteiger partial charge is 0.573 e. The lowest BCUT2D eigenvalue weighted by atomic mass is 10.1. The number of alkyl halides is 3. The van der Waals surface area contributed by atoms with Gasteiger partial charge in [-0.15, -0.1) is 13.2 Å². The van der Waals surface area contributed by atoms with Crippen LogP contribution in [0, 0.1) is 12.7 Å². The Kier molecular flexibility index (Phi) is 4.07. The van der Waals surface area contributed by atoms with E-state index < -0.39 is 23.9 Å². The fourth-order valence-electron chi connectivity index (χ4n) is 1.78. The fraction of sp³-hybridized carbons (Fsp3) is 0.231. The summed E-state index contributed by atoms with van der Waals surface area (Å²) in [5.41, 5.74) is -0.820. The molecule has 1 aromatic carbocycles. The van der Waals surface area contributed by atoms with Gasteiger partial charge in [-0.05, 0) is 25.1 Å². The molecule has 0 atom stereocenters. The van der Waals surface area contributed by atoms with Crippen LogP contribution in [-0.2, 0) is 4.74 Å². The van der Waals surface area contributed by atoms with Crippen LogP contribution in [0.25, 0.3) is 11.3 Å². The molecular formula is C13H9F4NO4. The zero-order valence-electron chi connectivity index (χ0n) is 11.3. The number of esters is 1. The van der Waals surface area contributed by atoms with E-state index in [0.29, 0.717) is 0 Å². The predicted molar refractivity (Wildman–Crippen MR) is 64.7 cm³/mol. The molecule has 0 fully saturated rings. The van der Waals surface area contributed by atoms with Crippen molar-refractivity contribution < 1.29 is 36.4 Å². The van der Waals surface area contributed by atoms with Crippen molar-refractivity contribution in [1.29, 1.82) is 0 Å². The van der Waals surface area contributed by atoms with Crippen LogP contribution in [0.15, 0.2) is 22.7 Å². The summed E-state index contributed by atoms with van der Waals surface area (Å²) in [7, 11) is 1.10. The summed E-state index contributed by atoms with van der Waals surface area (Å²) in [6.07, 6.45) is -4.93. The molecule has 0 amide bonds. The number of aryl methyl sites for hydroxylation is 1. The minimum Gasteiger partial charge on any atom is -0.465 e. The van der Waals surface area contributed by atoms with Gasteiger partial charge in [-0.25, -0.2) is 9.18 Å². The molecule has 0 saturated carbocycles. The van der Waals surface area contributed by atoms with E-state index in [2.05, 4.69) is 14.6 Å². The first-order valence-corrected chi connectivity index (χ1v) is 5.83. The topological polar surface area (TPSA) is 61.6 Å². The second-order valence-corrected chi connectivity index (χ2v) is 4.14. The van der Waals surface area contributed by atoms with Gasteiger partial charge in [0.2, 0.25) is 0 Å². The van der Waals surface area contributed by atoms with Crippen LogP contribution >= 0.6 is 0 Å². The smallest absolute Gasteiger partial charge is 0.465 e. The van der Waals surface area contributed by atoms with Gasteiger partial charge in [0.1, 0.15) is 28.6 Å². The number of hydrogen-bond donors (Lipinski definition) is 0. The Hall–Kier alpha value is -2.58. The Bertz CT molecular complexity index is 709. The Morgan fingerprint density at radius 3 is 2.59 bits per heavy atom. The Morgan fingerprint density at radius 2 is 2.00 bits per heavy atom. The highest BCUT2D eigenvalue weighted by atomic mass is 19.4. The number of carbonyl (C=O) groups is 1. The van der Waals surface area contributed by atoms with Crippen LogP contribution < -0.4 is 4.74 Å². The highest BCUT2D eigenvalue weighted by Crippen LogP contribution is 2.32. The monoisotopic (exact) mass is 319 g/mol. The minimum atomic E-state index is -4.93. The van der Waals surface area contributed by atoms with E-state index in [1.54, 1.807) is 0 Å². The van der Waals surface area contributed by atoms with Gasteiger partial charge in [-0.3, -0.25) is 0 Å². The summed E-state index contributed by atoms with van der Waals surface area (Å²) < 4.78 is 63.5. The molecule has 0 bridgehead atoms. The first kappa shape index (κ1) is 15.8. The van der Waals surface area contributed by atoms with E-state index in [-0.39, 0.29) is 22.6 Å². The lowest BCUT2D eigenvalue weighted by Crippen LogP contribution is -2.17. The Morgan fingerprint density at radius 1 is 1.32 bits per heavy atom. The SMILES string of the molecule is COC(=O)c1c(-c2cc(OC(F)(F)F)ccc2F)noc1C. The summed E-state index contributed by atoms with van der Waals surface area (Å²) in [5.74, 6) is -2.35. The fourth-order valence-corrected chi connectivity index (χ4v) is 1.78. The summed E-state index contributed by atoms with van der Waals surface area (Å²) in [6.45, 7) is 1.39.